The van der Waals surface area contributed by atoms with Gasteiger partial charge in [0.2, 0.25) is 0 Å². The molecule has 10 heteroatoms. The van der Waals surface area contributed by atoms with E-state index in [2.05, 4.69) is 15.8 Å². The van der Waals surface area contributed by atoms with Crippen LogP contribution in [-0.4, -0.2) is 41.5 Å². The third-order valence-electron chi connectivity index (χ3n) is 5.67. The summed E-state index contributed by atoms with van der Waals surface area (Å²) in [4.78, 5) is 25.3. The fourth-order valence-corrected chi connectivity index (χ4v) is 5.22. The molecule has 5 rings (SSSR count). The van der Waals surface area contributed by atoms with Gasteiger partial charge in [0.25, 0.3) is 11.8 Å². The summed E-state index contributed by atoms with van der Waals surface area (Å²) in [6, 6.07) is 24.7. The van der Waals surface area contributed by atoms with Crippen LogP contribution in [0.4, 0.5) is 0 Å². The molecule has 0 fully saturated rings. The third-order valence-corrected chi connectivity index (χ3v) is 7.34. The number of benzene rings is 3. The lowest BCUT2D eigenvalue weighted by Gasteiger charge is -2.03. The molecular formula is C28H22ClN5O3S. The van der Waals surface area contributed by atoms with E-state index in [1.807, 2.05) is 85.1 Å². The molecule has 38 heavy (non-hydrogen) atoms. The number of methoxy groups -OCH3 is 1. The van der Waals surface area contributed by atoms with E-state index in [9.17, 15) is 9.59 Å². The maximum atomic E-state index is 12.6. The molecule has 0 radical (unpaired) electrons. The quantitative estimate of drug-likeness (QED) is 0.205. The van der Waals surface area contributed by atoms with E-state index in [1.165, 1.54) is 17.6 Å². The first kappa shape index (κ1) is 25.2. The molecule has 0 saturated heterocycles. The Kier molecular flexibility index (Phi) is 7.48. The van der Waals surface area contributed by atoms with Crippen LogP contribution in [0, 0.1) is 0 Å². The minimum absolute atomic E-state index is 0.255. The van der Waals surface area contributed by atoms with Crippen LogP contribution in [-0.2, 0) is 4.79 Å². The number of thiophene rings is 1. The van der Waals surface area contributed by atoms with Crippen molar-refractivity contribution < 1.29 is 14.3 Å². The Balaban J connectivity index is 1.28. The Morgan fingerprint density at radius 1 is 1.05 bits per heavy atom. The molecule has 0 aliphatic rings. The number of hydrogen-bond donors (Lipinski definition) is 2. The van der Waals surface area contributed by atoms with Crippen molar-refractivity contribution in [1.82, 2.24) is 20.5 Å². The van der Waals surface area contributed by atoms with Gasteiger partial charge < -0.3 is 10.1 Å². The lowest BCUT2D eigenvalue weighted by molar-refractivity contribution is -0.120. The highest BCUT2D eigenvalue weighted by molar-refractivity contribution is 7.21. The van der Waals surface area contributed by atoms with Gasteiger partial charge in [-0.15, -0.1) is 11.3 Å². The van der Waals surface area contributed by atoms with Gasteiger partial charge in [0, 0.05) is 27.4 Å². The fraction of sp³-hybridized carbons (Fsp3) is 0.0714. The zero-order valence-corrected chi connectivity index (χ0v) is 21.8. The molecule has 0 spiro atoms. The van der Waals surface area contributed by atoms with Gasteiger partial charge in [0.15, 0.2) is 0 Å². The zero-order chi connectivity index (χ0) is 26.5. The van der Waals surface area contributed by atoms with Crippen LogP contribution in [0.2, 0.25) is 5.02 Å². The summed E-state index contributed by atoms with van der Waals surface area (Å²) in [5.41, 5.74) is 5.58. The largest absolute Gasteiger partial charge is 0.497 e. The van der Waals surface area contributed by atoms with Crippen LogP contribution >= 0.6 is 22.9 Å². The molecule has 2 N–H and O–H groups in total. The monoisotopic (exact) mass is 543 g/mol. The number of hydrogen-bond acceptors (Lipinski definition) is 6. The SMILES string of the molecule is COc1ccc(-c2nn(-c3ccccc3)cc2/C=N/NC(=O)CNC(=O)c2sc3ccccc3c2Cl)cc1. The molecule has 0 atom stereocenters. The van der Waals surface area contributed by atoms with Crippen molar-refractivity contribution in [3.8, 4) is 22.7 Å². The summed E-state index contributed by atoms with van der Waals surface area (Å²) in [5, 5.41) is 12.6. The first-order valence-corrected chi connectivity index (χ1v) is 12.8. The molecular weight excluding hydrogens is 522 g/mol. The number of halogens is 1. The Bertz CT molecular complexity index is 1630. The second-order valence-electron chi connectivity index (χ2n) is 8.16. The number of rotatable bonds is 8. The van der Waals surface area contributed by atoms with Crippen molar-refractivity contribution in [2.24, 2.45) is 5.10 Å². The molecule has 2 heterocycles. The maximum Gasteiger partial charge on any atom is 0.263 e. The van der Waals surface area contributed by atoms with Gasteiger partial charge in [0.05, 0.1) is 30.6 Å². The molecule has 8 nitrogen and oxygen atoms in total. The molecule has 2 amide bonds. The second-order valence-corrected chi connectivity index (χ2v) is 9.59. The molecule has 190 valence electrons. The van der Waals surface area contributed by atoms with Gasteiger partial charge in [-0.3, -0.25) is 9.59 Å². The van der Waals surface area contributed by atoms with E-state index < -0.39 is 11.8 Å². The minimum Gasteiger partial charge on any atom is -0.497 e. The van der Waals surface area contributed by atoms with Crippen molar-refractivity contribution in [3.63, 3.8) is 0 Å². The predicted octanol–water partition coefficient (Wildman–Crippen LogP) is 5.30. The Labute approximate surface area is 227 Å². The highest BCUT2D eigenvalue weighted by Gasteiger charge is 2.17. The summed E-state index contributed by atoms with van der Waals surface area (Å²) >= 11 is 7.64. The molecule has 5 aromatic rings. The number of amides is 2. The molecule has 0 bridgehead atoms. The third kappa shape index (κ3) is 5.44. The van der Waals surface area contributed by atoms with E-state index in [0.717, 1.165) is 27.1 Å². The summed E-state index contributed by atoms with van der Waals surface area (Å²) in [7, 11) is 1.61. The van der Waals surface area contributed by atoms with E-state index in [-0.39, 0.29) is 6.54 Å². The van der Waals surface area contributed by atoms with Crippen molar-refractivity contribution in [1.29, 1.82) is 0 Å². The first-order valence-electron chi connectivity index (χ1n) is 11.6. The molecule has 3 aromatic carbocycles. The molecule has 0 aliphatic carbocycles. The van der Waals surface area contributed by atoms with Gasteiger partial charge in [-0.25, -0.2) is 10.1 Å². The van der Waals surface area contributed by atoms with Crippen LogP contribution in [0.5, 0.6) is 5.75 Å². The predicted molar refractivity (Wildman–Crippen MR) is 150 cm³/mol. The number of carbonyl (C=O) groups is 2. The topological polar surface area (TPSA) is 97.6 Å². The van der Waals surface area contributed by atoms with Crippen LogP contribution in [0.3, 0.4) is 0 Å². The van der Waals surface area contributed by atoms with Gasteiger partial charge in [-0.05, 0) is 42.5 Å². The number of ether oxygens (including phenoxy) is 1. The fourth-order valence-electron chi connectivity index (χ4n) is 3.78. The number of nitrogens with zero attached hydrogens (tertiary/aromatic N) is 3. The smallest absolute Gasteiger partial charge is 0.263 e. The van der Waals surface area contributed by atoms with Crippen molar-refractivity contribution in [2.75, 3.05) is 13.7 Å². The summed E-state index contributed by atoms with van der Waals surface area (Å²) in [6.45, 7) is -0.255. The molecule has 0 aliphatic heterocycles. The number of nitrogens with one attached hydrogen (secondary N) is 2. The highest BCUT2D eigenvalue weighted by atomic mass is 35.5. The van der Waals surface area contributed by atoms with Crippen LogP contribution < -0.4 is 15.5 Å². The molecule has 2 aromatic heterocycles. The zero-order valence-electron chi connectivity index (χ0n) is 20.2. The van der Waals surface area contributed by atoms with E-state index in [4.69, 9.17) is 21.4 Å². The van der Waals surface area contributed by atoms with Gasteiger partial charge >= 0.3 is 0 Å². The lowest BCUT2D eigenvalue weighted by Crippen LogP contribution is -2.34. The van der Waals surface area contributed by atoms with E-state index in [0.29, 0.717) is 21.2 Å². The minimum atomic E-state index is -0.478. The summed E-state index contributed by atoms with van der Waals surface area (Å²) < 4.78 is 7.91. The number of carbonyl (C=O) groups excluding carboxylic acids is 2. The van der Waals surface area contributed by atoms with Crippen molar-refractivity contribution >= 4 is 51.1 Å². The Hall–Kier alpha value is -4.47. The highest BCUT2D eigenvalue weighted by Crippen LogP contribution is 2.35. The summed E-state index contributed by atoms with van der Waals surface area (Å²) in [6.07, 6.45) is 3.35. The van der Waals surface area contributed by atoms with Gasteiger partial charge in [-0.2, -0.15) is 10.2 Å². The van der Waals surface area contributed by atoms with Gasteiger partial charge in [-0.1, -0.05) is 48.0 Å². The number of hydrazone groups is 1. The Morgan fingerprint density at radius 3 is 2.53 bits per heavy atom. The lowest BCUT2D eigenvalue weighted by atomic mass is 10.1. The van der Waals surface area contributed by atoms with Crippen LogP contribution in [0.1, 0.15) is 15.2 Å². The van der Waals surface area contributed by atoms with Gasteiger partial charge in [0.1, 0.15) is 16.3 Å². The molecule has 0 saturated carbocycles. The van der Waals surface area contributed by atoms with Crippen LogP contribution in [0.25, 0.3) is 27.0 Å². The van der Waals surface area contributed by atoms with Crippen molar-refractivity contribution in [2.45, 2.75) is 0 Å². The second kappa shape index (κ2) is 11.3. The number of para-hydroxylation sites is 1. The van der Waals surface area contributed by atoms with Crippen molar-refractivity contribution in [3.05, 3.63) is 101 Å². The average molecular weight is 544 g/mol. The Morgan fingerprint density at radius 2 is 1.79 bits per heavy atom. The van der Waals surface area contributed by atoms with E-state index in [1.54, 1.807) is 11.8 Å². The normalized spacial score (nSPS) is 11.1. The maximum absolute atomic E-state index is 12.6. The standard InChI is InChI=1S/C28H22ClN5O3S/c1-37-21-13-11-18(12-14-21)26-19(17-34(33-26)20-7-3-2-4-8-20)15-31-32-24(35)16-30-28(36)27-25(29)22-9-5-6-10-23(22)38-27/h2-15,17H,16H2,1H3,(H,30,36)(H,32,35)/b31-15+. The van der Waals surface area contributed by atoms with E-state index >= 15 is 0 Å². The number of fused-ring (bicyclic) bond motifs is 1. The van der Waals surface area contributed by atoms with Crippen LogP contribution in [0.15, 0.2) is 90.2 Å². The first-order chi connectivity index (χ1) is 18.5. The number of aromatic nitrogens is 2. The average Bonchev–Trinajstić information content (AvgIpc) is 3.54. The summed E-state index contributed by atoms with van der Waals surface area (Å²) in [5.74, 6) is -0.160. The molecule has 0 unspecified atom stereocenters.